The highest BCUT2D eigenvalue weighted by molar-refractivity contribution is 5.68. The number of nitrogens with zero attached hydrogens (tertiary/aromatic N) is 1. The Morgan fingerprint density at radius 1 is 1.05 bits per heavy atom. The maximum absolute atomic E-state index is 3.57. The summed E-state index contributed by atoms with van der Waals surface area (Å²) >= 11 is 0. The highest BCUT2D eigenvalue weighted by Crippen LogP contribution is 2.41. The van der Waals surface area contributed by atoms with Gasteiger partial charge in [0.25, 0.3) is 0 Å². The van der Waals surface area contributed by atoms with Crippen LogP contribution in [-0.4, -0.2) is 19.1 Å². The second-order valence-electron chi connectivity index (χ2n) is 6.43. The predicted octanol–water partition coefficient (Wildman–Crippen LogP) is 3.81. The van der Waals surface area contributed by atoms with E-state index in [1.54, 1.807) is 11.3 Å². The summed E-state index contributed by atoms with van der Waals surface area (Å²) in [6.07, 6.45) is 9.74. The molecule has 2 aliphatic heterocycles. The number of benzene rings is 1. The molecule has 0 aromatic heterocycles. The van der Waals surface area contributed by atoms with Gasteiger partial charge in [-0.15, -0.1) is 0 Å². The third kappa shape index (κ3) is 1.92. The van der Waals surface area contributed by atoms with Gasteiger partial charge in [0, 0.05) is 30.5 Å². The van der Waals surface area contributed by atoms with Crippen LogP contribution in [0.15, 0.2) is 18.2 Å². The minimum atomic E-state index is 0.835. The van der Waals surface area contributed by atoms with E-state index in [4.69, 9.17) is 0 Å². The smallest absolute Gasteiger partial charge is 0.0422 e. The molecule has 1 aromatic rings. The molecule has 1 saturated heterocycles. The minimum absolute atomic E-state index is 0.835. The Labute approximate surface area is 116 Å². The zero-order valence-electron chi connectivity index (χ0n) is 11.7. The maximum Gasteiger partial charge on any atom is 0.0422 e. The van der Waals surface area contributed by atoms with Gasteiger partial charge < -0.3 is 10.2 Å². The van der Waals surface area contributed by atoms with E-state index in [1.807, 2.05) is 0 Å². The van der Waals surface area contributed by atoms with Crippen molar-refractivity contribution in [1.82, 2.24) is 0 Å². The number of hydrogen-bond donors (Lipinski definition) is 1. The van der Waals surface area contributed by atoms with E-state index in [0.717, 1.165) is 18.5 Å². The molecule has 2 heteroatoms. The van der Waals surface area contributed by atoms with Crippen LogP contribution in [0.25, 0.3) is 0 Å². The van der Waals surface area contributed by atoms with Crippen molar-refractivity contribution in [2.45, 2.75) is 51.0 Å². The Morgan fingerprint density at radius 3 is 3.00 bits per heavy atom. The second kappa shape index (κ2) is 4.73. The van der Waals surface area contributed by atoms with E-state index in [-0.39, 0.29) is 0 Å². The van der Waals surface area contributed by atoms with Gasteiger partial charge in [0.2, 0.25) is 0 Å². The number of hydrogen-bond acceptors (Lipinski definition) is 2. The number of anilines is 2. The lowest BCUT2D eigenvalue weighted by atomic mass is 9.85. The predicted molar refractivity (Wildman–Crippen MR) is 81.0 cm³/mol. The largest absolute Gasteiger partial charge is 0.385 e. The Kier molecular flexibility index (Phi) is 2.90. The molecule has 2 heterocycles. The van der Waals surface area contributed by atoms with Gasteiger partial charge in [-0.05, 0) is 55.7 Å². The van der Waals surface area contributed by atoms with E-state index in [9.17, 15) is 0 Å². The van der Waals surface area contributed by atoms with Crippen molar-refractivity contribution in [3.05, 3.63) is 23.8 Å². The van der Waals surface area contributed by atoms with E-state index >= 15 is 0 Å². The van der Waals surface area contributed by atoms with Gasteiger partial charge in [0.05, 0.1) is 0 Å². The fourth-order valence-corrected chi connectivity index (χ4v) is 4.47. The van der Waals surface area contributed by atoms with Gasteiger partial charge in [-0.2, -0.15) is 0 Å². The summed E-state index contributed by atoms with van der Waals surface area (Å²) in [6, 6.07) is 7.69. The normalized spacial score (nSPS) is 29.6. The van der Waals surface area contributed by atoms with E-state index in [2.05, 4.69) is 28.4 Å². The molecule has 102 valence electrons. The lowest BCUT2D eigenvalue weighted by Crippen LogP contribution is -2.35. The molecule has 0 bridgehead atoms. The molecular weight excluding hydrogens is 232 g/mol. The first kappa shape index (κ1) is 11.6. The second-order valence-corrected chi connectivity index (χ2v) is 6.43. The average Bonchev–Trinajstić information content (AvgIpc) is 2.90. The molecule has 0 amide bonds. The minimum Gasteiger partial charge on any atom is -0.385 e. The monoisotopic (exact) mass is 256 g/mol. The van der Waals surface area contributed by atoms with Gasteiger partial charge in [0.1, 0.15) is 0 Å². The molecule has 2 fully saturated rings. The lowest BCUT2D eigenvalue weighted by molar-refractivity contribution is 0.342. The summed E-state index contributed by atoms with van der Waals surface area (Å²) < 4.78 is 0. The van der Waals surface area contributed by atoms with Crippen molar-refractivity contribution in [2.24, 2.45) is 5.92 Å². The van der Waals surface area contributed by atoms with Gasteiger partial charge in [-0.25, -0.2) is 0 Å². The first-order chi connectivity index (χ1) is 9.43. The number of fused-ring (bicyclic) bond motifs is 2. The molecule has 19 heavy (non-hydrogen) atoms. The highest BCUT2D eigenvalue weighted by Gasteiger charge is 2.36. The maximum atomic E-state index is 3.57. The molecule has 3 aliphatic rings. The van der Waals surface area contributed by atoms with Gasteiger partial charge >= 0.3 is 0 Å². The SMILES string of the molecule is c1cc2c(c(N3CCC4CCCCC43)c1)CCCN2. The Morgan fingerprint density at radius 2 is 2.00 bits per heavy atom. The molecule has 2 nitrogen and oxygen atoms in total. The van der Waals surface area contributed by atoms with E-state index < -0.39 is 0 Å². The van der Waals surface area contributed by atoms with Gasteiger partial charge in [-0.1, -0.05) is 18.9 Å². The van der Waals surface area contributed by atoms with Gasteiger partial charge in [0.15, 0.2) is 0 Å². The Balaban J connectivity index is 1.69. The van der Waals surface area contributed by atoms with Crippen molar-refractivity contribution in [3.8, 4) is 0 Å². The van der Waals surface area contributed by atoms with Crippen LogP contribution < -0.4 is 10.2 Å². The topological polar surface area (TPSA) is 15.3 Å². The number of rotatable bonds is 1. The zero-order valence-corrected chi connectivity index (χ0v) is 11.7. The summed E-state index contributed by atoms with van der Waals surface area (Å²) in [5, 5.41) is 3.57. The van der Waals surface area contributed by atoms with Crippen molar-refractivity contribution in [1.29, 1.82) is 0 Å². The van der Waals surface area contributed by atoms with Crippen molar-refractivity contribution in [3.63, 3.8) is 0 Å². The van der Waals surface area contributed by atoms with Gasteiger partial charge in [-0.3, -0.25) is 0 Å². The Hall–Kier alpha value is -1.18. The van der Waals surface area contributed by atoms with Crippen LogP contribution in [0.1, 0.15) is 44.1 Å². The third-order valence-electron chi connectivity index (χ3n) is 5.39. The fraction of sp³-hybridized carbons (Fsp3) is 0.647. The molecule has 0 radical (unpaired) electrons. The number of nitrogens with one attached hydrogen (secondary N) is 1. The average molecular weight is 256 g/mol. The molecule has 0 spiro atoms. The van der Waals surface area contributed by atoms with Crippen LogP contribution in [-0.2, 0) is 6.42 Å². The molecule has 1 saturated carbocycles. The van der Waals surface area contributed by atoms with Crippen LogP contribution in [0.3, 0.4) is 0 Å². The summed E-state index contributed by atoms with van der Waals surface area (Å²) in [5.74, 6) is 0.973. The summed E-state index contributed by atoms with van der Waals surface area (Å²) in [6.45, 7) is 2.42. The van der Waals surface area contributed by atoms with Crippen LogP contribution in [0.5, 0.6) is 0 Å². The molecule has 2 atom stereocenters. The van der Waals surface area contributed by atoms with Crippen molar-refractivity contribution < 1.29 is 0 Å². The van der Waals surface area contributed by atoms with Crippen LogP contribution in [0.4, 0.5) is 11.4 Å². The molecule has 1 aromatic carbocycles. The first-order valence-corrected chi connectivity index (χ1v) is 8.06. The zero-order chi connectivity index (χ0) is 12.7. The van der Waals surface area contributed by atoms with Crippen molar-refractivity contribution in [2.75, 3.05) is 23.3 Å². The highest BCUT2D eigenvalue weighted by atomic mass is 15.2. The van der Waals surface area contributed by atoms with E-state index in [1.165, 1.54) is 57.2 Å². The molecule has 1 aliphatic carbocycles. The van der Waals surface area contributed by atoms with Crippen molar-refractivity contribution >= 4 is 11.4 Å². The van der Waals surface area contributed by atoms with Crippen LogP contribution in [0, 0.1) is 5.92 Å². The summed E-state index contributed by atoms with van der Waals surface area (Å²) in [4.78, 5) is 2.75. The third-order valence-corrected chi connectivity index (χ3v) is 5.39. The van der Waals surface area contributed by atoms with Crippen LogP contribution in [0.2, 0.25) is 0 Å². The molecule has 4 rings (SSSR count). The fourth-order valence-electron chi connectivity index (χ4n) is 4.47. The Bertz CT molecular complexity index is 468. The molecule has 1 N–H and O–H groups in total. The summed E-state index contributed by atoms with van der Waals surface area (Å²) in [7, 11) is 0. The first-order valence-electron chi connectivity index (χ1n) is 8.06. The summed E-state index contributed by atoms with van der Waals surface area (Å²) in [5.41, 5.74) is 4.52. The van der Waals surface area contributed by atoms with E-state index in [0.29, 0.717) is 0 Å². The standard InChI is InChI=1S/C17H24N2/c1-2-8-16-13(5-1)10-12-19(16)17-9-3-7-15-14(17)6-4-11-18-15/h3,7,9,13,16,18H,1-2,4-6,8,10-12H2. The quantitative estimate of drug-likeness (QED) is 0.822. The molecule has 2 unspecified atom stereocenters. The lowest BCUT2D eigenvalue weighted by Gasteiger charge is -2.35. The molecular formula is C17H24N2. The van der Waals surface area contributed by atoms with Crippen LogP contribution >= 0.6 is 0 Å².